The van der Waals surface area contributed by atoms with Crippen LogP contribution in [0.1, 0.15) is 29.6 Å². The van der Waals surface area contributed by atoms with Gasteiger partial charge in [-0.25, -0.2) is 0 Å². The summed E-state index contributed by atoms with van der Waals surface area (Å²) in [4.78, 5) is 15.7. The van der Waals surface area contributed by atoms with Crippen molar-refractivity contribution in [1.82, 2.24) is 10.3 Å². The van der Waals surface area contributed by atoms with Gasteiger partial charge < -0.3 is 19.8 Å². The van der Waals surface area contributed by atoms with Crippen LogP contribution in [0.2, 0.25) is 0 Å². The lowest BCUT2D eigenvalue weighted by Gasteiger charge is -2.30. The minimum Gasteiger partial charge on any atom is -0.429 e. The maximum Gasteiger partial charge on any atom is 0.266 e. The summed E-state index contributed by atoms with van der Waals surface area (Å²) >= 11 is 4.95. The lowest BCUT2D eigenvalue weighted by molar-refractivity contribution is 0.0861. The summed E-state index contributed by atoms with van der Waals surface area (Å²) in [5.41, 5.74) is 1.93. The van der Waals surface area contributed by atoms with Crippen molar-refractivity contribution in [1.29, 1.82) is 0 Å². The van der Waals surface area contributed by atoms with E-state index in [4.69, 9.17) is 16.6 Å². The normalized spacial score (nSPS) is 30.0. The number of carbonyl (C=O) groups excluding carboxylic acids is 1. The smallest absolute Gasteiger partial charge is 0.266 e. The second kappa shape index (κ2) is 5.21. The van der Waals surface area contributed by atoms with E-state index < -0.39 is 0 Å². The fraction of sp³-hybridized carbons (Fsp3) is 0.500. The molecule has 0 spiro atoms. The van der Waals surface area contributed by atoms with E-state index in [1.54, 1.807) is 18.2 Å². The predicted molar refractivity (Wildman–Crippen MR) is 84.1 cm³/mol. The molecule has 22 heavy (non-hydrogen) atoms. The van der Waals surface area contributed by atoms with Crippen molar-refractivity contribution < 1.29 is 14.3 Å². The number of fused-ring (bicyclic) bond motifs is 3. The van der Waals surface area contributed by atoms with Crippen LogP contribution in [-0.2, 0) is 0 Å². The zero-order chi connectivity index (χ0) is 15.3. The van der Waals surface area contributed by atoms with Gasteiger partial charge in [0.1, 0.15) is 0 Å². The first-order valence-electron chi connectivity index (χ1n) is 7.70. The Labute approximate surface area is 132 Å². The molecule has 2 bridgehead atoms. The molecule has 0 saturated heterocycles. The quantitative estimate of drug-likeness (QED) is 0.760. The van der Waals surface area contributed by atoms with E-state index in [9.17, 15) is 9.90 Å². The minimum absolute atomic E-state index is 0.0876. The molecule has 1 amide bonds. The average Bonchev–Trinajstić information content (AvgIpc) is 3.18. The molecule has 4 rings (SSSR count). The van der Waals surface area contributed by atoms with Gasteiger partial charge in [0.05, 0.1) is 5.52 Å². The second-order valence-electron chi connectivity index (χ2n) is 6.40. The van der Waals surface area contributed by atoms with Gasteiger partial charge in [-0.15, -0.1) is 0 Å². The second-order valence-corrected chi connectivity index (χ2v) is 6.78. The lowest BCUT2D eigenvalue weighted by Crippen LogP contribution is -2.45. The highest BCUT2D eigenvalue weighted by Gasteiger charge is 2.47. The molecular weight excluding hydrogens is 300 g/mol. The van der Waals surface area contributed by atoms with Crippen molar-refractivity contribution in [2.45, 2.75) is 25.3 Å². The van der Waals surface area contributed by atoms with Gasteiger partial charge in [-0.3, -0.25) is 4.79 Å². The van der Waals surface area contributed by atoms with Crippen molar-refractivity contribution in [2.75, 3.05) is 6.61 Å². The largest absolute Gasteiger partial charge is 0.429 e. The van der Waals surface area contributed by atoms with Gasteiger partial charge >= 0.3 is 0 Å². The molecule has 2 fully saturated rings. The highest BCUT2D eigenvalue weighted by molar-refractivity contribution is 7.71. The van der Waals surface area contributed by atoms with Crippen molar-refractivity contribution in [3.8, 4) is 0 Å². The molecule has 1 aromatic heterocycles. The SMILES string of the molecule is O=C(N[C@H]1[C@H]2CC[C@@H](C2)[C@@H]1CO)c1ccc2[nH]c(=S)oc2c1. The summed E-state index contributed by atoms with van der Waals surface area (Å²) in [6.45, 7) is 0.150. The highest BCUT2D eigenvalue weighted by Crippen LogP contribution is 2.48. The number of aliphatic hydroxyl groups is 1. The number of rotatable bonds is 3. The van der Waals surface area contributed by atoms with E-state index in [1.165, 1.54) is 6.42 Å². The van der Waals surface area contributed by atoms with Gasteiger partial charge in [-0.1, -0.05) is 0 Å². The highest BCUT2D eigenvalue weighted by atomic mass is 32.1. The van der Waals surface area contributed by atoms with Gasteiger partial charge in [0, 0.05) is 24.1 Å². The molecular formula is C16H18N2O3S. The molecule has 1 aromatic carbocycles. The van der Waals surface area contributed by atoms with Gasteiger partial charge in [-0.05, 0) is 61.5 Å². The zero-order valence-corrected chi connectivity index (χ0v) is 12.9. The first kappa shape index (κ1) is 14.0. The van der Waals surface area contributed by atoms with E-state index >= 15 is 0 Å². The van der Waals surface area contributed by atoms with Crippen LogP contribution in [0.3, 0.4) is 0 Å². The molecule has 2 aliphatic carbocycles. The van der Waals surface area contributed by atoms with E-state index in [1.807, 2.05) is 0 Å². The Kier molecular flexibility index (Phi) is 3.31. The molecule has 4 atom stereocenters. The minimum atomic E-state index is -0.111. The van der Waals surface area contributed by atoms with Crippen LogP contribution in [0.4, 0.5) is 0 Å². The van der Waals surface area contributed by atoms with Gasteiger partial charge in [0.2, 0.25) is 0 Å². The first-order valence-corrected chi connectivity index (χ1v) is 8.11. The molecule has 1 heterocycles. The summed E-state index contributed by atoms with van der Waals surface area (Å²) in [5, 5.41) is 12.7. The van der Waals surface area contributed by atoms with E-state index in [0.717, 1.165) is 18.4 Å². The van der Waals surface area contributed by atoms with Crippen molar-refractivity contribution in [2.24, 2.45) is 17.8 Å². The monoisotopic (exact) mass is 318 g/mol. The van der Waals surface area contributed by atoms with Crippen molar-refractivity contribution >= 4 is 29.2 Å². The predicted octanol–water partition coefficient (Wildman–Crippen LogP) is 2.63. The van der Waals surface area contributed by atoms with Crippen LogP contribution in [-0.4, -0.2) is 28.6 Å². The molecule has 3 N–H and O–H groups in total. The summed E-state index contributed by atoms with van der Waals surface area (Å²) in [7, 11) is 0. The van der Waals surface area contributed by atoms with Gasteiger partial charge in [0.15, 0.2) is 5.58 Å². The maximum atomic E-state index is 12.5. The number of H-pyrrole nitrogens is 1. The number of aliphatic hydroxyl groups excluding tert-OH is 1. The van der Waals surface area contributed by atoms with Crippen molar-refractivity contribution in [3.05, 3.63) is 28.6 Å². The number of carbonyl (C=O) groups is 1. The first-order chi connectivity index (χ1) is 10.7. The number of nitrogens with one attached hydrogen (secondary N) is 2. The van der Waals surface area contributed by atoms with Crippen LogP contribution >= 0.6 is 12.2 Å². The van der Waals surface area contributed by atoms with Gasteiger partial charge in [-0.2, -0.15) is 0 Å². The molecule has 2 saturated carbocycles. The molecule has 0 aliphatic heterocycles. The van der Waals surface area contributed by atoms with Crippen LogP contribution < -0.4 is 5.32 Å². The lowest BCUT2D eigenvalue weighted by atomic mass is 9.85. The Bertz CT molecular complexity index is 781. The number of aromatic nitrogens is 1. The molecule has 6 heteroatoms. The Morgan fingerprint density at radius 2 is 2.23 bits per heavy atom. The van der Waals surface area contributed by atoms with Crippen LogP contribution in [0.15, 0.2) is 22.6 Å². The Balaban J connectivity index is 1.56. The number of hydrogen-bond donors (Lipinski definition) is 3. The molecule has 2 aliphatic rings. The van der Waals surface area contributed by atoms with E-state index in [0.29, 0.717) is 27.8 Å². The summed E-state index contributed by atoms with van der Waals surface area (Å²) in [6.07, 6.45) is 3.46. The van der Waals surface area contributed by atoms with Crippen molar-refractivity contribution in [3.63, 3.8) is 0 Å². The topological polar surface area (TPSA) is 78.3 Å². The van der Waals surface area contributed by atoms with Crippen LogP contribution in [0.25, 0.3) is 11.1 Å². The Morgan fingerprint density at radius 3 is 3.05 bits per heavy atom. The third-order valence-corrected chi connectivity index (χ3v) is 5.47. The summed E-state index contributed by atoms with van der Waals surface area (Å²) < 4.78 is 5.36. The number of amides is 1. The average molecular weight is 318 g/mol. The van der Waals surface area contributed by atoms with Crippen LogP contribution in [0.5, 0.6) is 0 Å². The molecule has 5 nitrogen and oxygen atoms in total. The summed E-state index contributed by atoms with van der Waals surface area (Å²) in [6, 6.07) is 5.36. The number of benzene rings is 1. The van der Waals surface area contributed by atoms with Crippen LogP contribution in [0, 0.1) is 22.6 Å². The molecule has 116 valence electrons. The Hall–Kier alpha value is -1.66. The fourth-order valence-corrected chi connectivity index (χ4v) is 4.42. The van der Waals surface area contributed by atoms with Gasteiger partial charge in [0.25, 0.3) is 10.7 Å². The number of hydrogen-bond acceptors (Lipinski definition) is 4. The molecule has 2 aromatic rings. The van der Waals surface area contributed by atoms with E-state index in [2.05, 4.69) is 10.3 Å². The number of aromatic amines is 1. The Morgan fingerprint density at radius 1 is 1.41 bits per heavy atom. The zero-order valence-electron chi connectivity index (χ0n) is 12.0. The number of oxazole rings is 1. The fourth-order valence-electron chi connectivity index (χ4n) is 4.22. The maximum absolute atomic E-state index is 12.5. The standard InChI is InChI=1S/C16H18N2O3S/c19-7-11-8-1-2-9(5-8)14(11)18-15(20)10-3-4-12-13(6-10)21-16(22)17-12/h3-4,6,8-9,11,14,19H,1-2,5,7H2,(H,17,22)(H,18,20)/t8-,9-,11-,14-/m0/s1. The molecule has 0 unspecified atom stereocenters. The summed E-state index contributed by atoms with van der Waals surface area (Å²) in [5.74, 6) is 1.15. The van der Waals surface area contributed by atoms with E-state index in [-0.39, 0.29) is 24.5 Å². The third-order valence-electron chi connectivity index (χ3n) is 5.28. The third kappa shape index (κ3) is 2.18. The molecule has 0 radical (unpaired) electrons.